The first kappa shape index (κ1) is 12.7. The number of benzene rings is 1. The molecule has 0 bridgehead atoms. The quantitative estimate of drug-likeness (QED) is 0.834. The Morgan fingerprint density at radius 3 is 2.82 bits per heavy atom. The summed E-state index contributed by atoms with van der Waals surface area (Å²) in [5.74, 6) is 1.07. The standard InChI is InChI=1S/C14H18BrNO/c1-3-8-16-9-13-10(4-2)11-6-5-7-12(15)14(11)17-13/h5-7,16H,3-4,8-9H2,1-2H3. The van der Waals surface area contributed by atoms with E-state index in [0.717, 1.165) is 41.7 Å². The van der Waals surface area contributed by atoms with Crippen LogP contribution in [-0.2, 0) is 13.0 Å². The summed E-state index contributed by atoms with van der Waals surface area (Å²) in [6.45, 7) is 6.19. The Kier molecular flexibility index (Phi) is 4.24. The maximum absolute atomic E-state index is 5.96. The molecular weight excluding hydrogens is 278 g/mol. The second-order valence-electron chi connectivity index (χ2n) is 4.15. The summed E-state index contributed by atoms with van der Waals surface area (Å²) in [4.78, 5) is 0. The summed E-state index contributed by atoms with van der Waals surface area (Å²) < 4.78 is 6.99. The van der Waals surface area contributed by atoms with Crippen LogP contribution in [-0.4, -0.2) is 6.54 Å². The number of halogens is 1. The molecule has 3 heteroatoms. The van der Waals surface area contributed by atoms with E-state index in [4.69, 9.17) is 4.42 Å². The van der Waals surface area contributed by atoms with Gasteiger partial charge in [0.25, 0.3) is 0 Å². The van der Waals surface area contributed by atoms with Crippen LogP contribution in [0.15, 0.2) is 27.1 Å². The molecular formula is C14H18BrNO. The van der Waals surface area contributed by atoms with Gasteiger partial charge in [-0.2, -0.15) is 0 Å². The predicted octanol–water partition coefficient (Wildman–Crippen LogP) is 4.26. The second-order valence-corrected chi connectivity index (χ2v) is 5.00. The number of para-hydroxylation sites is 1. The molecule has 0 amide bonds. The topological polar surface area (TPSA) is 25.2 Å². The van der Waals surface area contributed by atoms with Gasteiger partial charge in [0.05, 0.1) is 11.0 Å². The summed E-state index contributed by atoms with van der Waals surface area (Å²) in [7, 11) is 0. The van der Waals surface area contributed by atoms with Gasteiger partial charge in [0.15, 0.2) is 0 Å². The maximum atomic E-state index is 5.96. The number of furan rings is 1. The van der Waals surface area contributed by atoms with Crippen molar-refractivity contribution in [3.8, 4) is 0 Å². The fraction of sp³-hybridized carbons (Fsp3) is 0.429. The maximum Gasteiger partial charge on any atom is 0.148 e. The van der Waals surface area contributed by atoms with Crippen LogP contribution in [0.25, 0.3) is 11.0 Å². The molecule has 0 unspecified atom stereocenters. The fourth-order valence-corrected chi connectivity index (χ4v) is 2.54. The van der Waals surface area contributed by atoms with Crippen LogP contribution in [0.4, 0.5) is 0 Å². The van der Waals surface area contributed by atoms with E-state index in [1.54, 1.807) is 0 Å². The molecule has 0 aliphatic rings. The Hall–Kier alpha value is -0.800. The van der Waals surface area contributed by atoms with E-state index in [1.807, 2.05) is 6.07 Å². The molecule has 0 fully saturated rings. The SMILES string of the molecule is CCCNCc1oc2c(Br)cccc2c1CC. The predicted molar refractivity (Wildman–Crippen MR) is 75.3 cm³/mol. The van der Waals surface area contributed by atoms with E-state index in [1.165, 1.54) is 10.9 Å². The molecule has 1 N–H and O–H groups in total. The largest absolute Gasteiger partial charge is 0.458 e. The molecule has 2 rings (SSSR count). The molecule has 2 nitrogen and oxygen atoms in total. The molecule has 0 saturated carbocycles. The van der Waals surface area contributed by atoms with Crippen molar-refractivity contribution in [3.63, 3.8) is 0 Å². The lowest BCUT2D eigenvalue weighted by Crippen LogP contribution is -2.14. The minimum Gasteiger partial charge on any atom is -0.458 e. The zero-order valence-corrected chi connectivity index (χ0v) is 11.9. The van der Waals surface area contributed by atoms with E-state index in [2.05, 4.69) is 47.2 Å². The zero-order chi connectivity index (χ0) is 12.3. The Morgan fingerprint density at radius 2 is 2.12 bits per heavy atom. The van der Waals surface area contributed by atoms with Gasteiger partial charge in [-0.25, -0.2) is 0 Å². The average molecular weight is 296 g/mol. The van der Waals surface area contributed by atoms with Gasteiger partial charge < -0.3 is 9.73 Å². The molecule has 0 aliphatic heterocycles. The molecule has 1 aromatic heterocycles. The van der Waals surface area contributed by atoms with Crippen molar-refractivity contribution in [2.45, 2.75) is 33.2 Å². The first-order valence-electron chi connectivity index (χ1n) is 6.17. The number of rotatable bonds is 5. The number of hydrogen-bond donors (Lipinski definition) is 1. The highest BCUT2D eigenvalue weighted by atomic mass is 79.9. The van der Waals surface area contributed by atoms with Gasteiger partial charge in [0.2, 0.25) is 0 Å². The summed E-state index contributed by atoms with van der Waals surface area (Å²) in [6, 6.07) is 6.21. The lowest BCUT2D eigenvalue weighted by atomic mass is 10.1. The van der Waals surface area contributed by atoms with Crippen molar-refractivity contribution < 1.29 is 4.42 Å². The van der Waals surface area contributed by atoms with Crippen molar-refractivity contribution >= 4 is 26.9 Å². The van der Waals surface area contributed by atoms with Crippen LogP contribution in [0.2, 0.25) is 0 Å². The third-order valence-electron chi connectivity index (χ3n) is 2.92. The lowest BCUT2D eigenvalue weighted by Gasteiger charge is -2.01. The summed E-state index contributed by atoms with van der Waals surface area (Å²) >= 11 is 3.54. The minimum atomic E-state index is 0.818. The monoisotopic (exact) mass is 295 g/mol. The highest BCUT2D eigenvalue weighted by Gasteiger charge is 2.13. The van der Waals surface area contributed by atoms with Crippen molar-refractivity contribution in [1.82, 2.24) is 5.32 Å². The van der Waals surface area contributed by atoms with E-state index < -0.39 is 0 Å². The smallest absolute Gasteiger partial charge is 0.148 e. The first-order chi connectivity index (χ1) is 8.27. The van der Waals surface area contributed by atoms with Crippen LogP contribution >= 0.6 is 15.9 Å². The molecule has 92 valence electrons. The molecule has 1 heterocycles. The van der Waals surface area contributed by atoms with Crippen molar-refractivity contribution in [3.05, 3.63) is 34.0 Å². The van der Waals surface area contributed by atoms with Crippen LogP contribution in [0.3, 0.4) is 0 Å². The van der Waals surface area contributed by atoms with Crippen LogP contribution in [0.5, 0.6) is 0 Å². The molecule has 0 radical (unpaired) electrons. The fourth-order valence-electron chi connectivity index (χ4n) is 2.09. The van der Waals surface area contributed by atoms with E-state index in [0.29, 0.717) is 0 Å². The summed E-state index contributed by atoms with van der Waals surface area (Å²) in [6.07, 6.45) is 2.15. The van der Waals surface area contributed by atoms with Crippen LogP contribution in [0.1, 0.15) is 31.6 Å². The average Bonchev–Trinajstić information content (AvgIpc) is 2.69. The van der Waals surface area contributed by atoms with Gasteiger partial charge in [-0.3, -0.25) is 0 Å². The highest BCUT2D eigenvalue weighted by Crippen LogP contribution is 2.31. The molecule has 1 aromatic carbocycles. The Labute approximate surface area is 111 Å². The van der Waals surface area contributed by atoms with Crippen LogP contribution in [0, 0.1) is 0 Å². The van der Waals surface area contributed by atoms with Gasteiger partial charge in [-0.1, -0.05) is 26.0 Å². The Morgan fingerprint density at radius 1 is 1.29 bits per heavy atom. The molecule has 2 aromatic rings. The molecule has 0 spiro atoms. The van der Waals surface area contributed by atoms with Crippen molar-refractivity contribution in [2.75, 3.05) is 6.54 Å². The number of aryl methyl sites for hydroxylation is 1. The number of fused-ring (bicyclic) bond motifs is 1. The van der Waals surface area contributed by atoms with E-state index in [-0.39, 0.29) is 0 Å². The first-order valence-corrected chi connectivity index (χ1v) is 6.96. The third kappa shape index (κ3) is 2.55. The molecule has 0 atom stereocenters. The summed E-state index contributed by atoms with van der Waals surface area (Å²) in [5, 5.41) is 4.63. The van der Waals surface area contributed by atoms with E-state index in [9.17, 15) is 0 Å². The number of hydrogen-bond acceptors (Lipinski definition) is 2. The van der Waals surface area contributed by atoms with Gasteiger partial charge in [-0.15, -0.1) is 0 Å². The third-order valence-corrected chi connectivity index (χ3v) is 3.54. The van der Waals surface area contributed by atoms with Crippen molar-refractivity contribution in [1.29, 1.82) is 0 Å². The van der Waals surface area contributed by atoms with Gasteiger partial charge in [0.1, 0.15) is 11.3 Å². The minimum absolute atomic E-state index is 0.818. The normalized spacial score (nSPS) is 11.2. The van der Waals surface area contributed by atoms with Gasteiger partial charge in [0, 0.05) is 10.9 Å². The van der Waals surface area contributed by atoms with Crippen molar-refractivity contribution in [2.24, 2.45) is 0 Å². The zero-order valence-electron chi connectivity index (χ0n) is 10.3. The number of nitrogens with one attached hydrogen (secondary N) is 1. The lowest BCUT2D eigenvalue weighted by molar-refractivity contribution is 0.507. The van der Waals surface area contributed by atoms with Crippen LogP contribution < -0.4 is 5.32 Å². The Bertz CT molecular complexity index is 504. The highest BCUT2D eigenvalue weighted by molar-refractivity contribution is 9.10. The molecule has 0 aliphatic carbocycles. The van der Waals surface area contributed by atoms with Gasteiger partial charge >= 0.3 is 0 Å². The molecule has 17 heavy (non-hydrogen) atoms. The second kappa shape index (κ2) is 5.69. The van der Waals surface area contributed by atoms with Gasteiger partial charge in [-0.05, 0) is 41.4 Å². The summed E-state index contributed by atoms with van der Waals surface area (Å²) in [5.41, 5.74) is 2.29. The molecule has 0 saturated heterocycles. The Balaban J connectivity index is 2.38. The van der Waals surface area contributed by atoms with E-state index >= 15 is 0 Å².